The third kappa shape index (κ3) is 3.95. The summed E-state index contributed by atoms with van der Waals surface area (Å²) < 4.78 is 0. The lowest BCUT2D eigenvalue weighted by molar-refractivity contribution is 0.246. The molecule has 0 saturated heterocycles. The highest BCUT2D eigenvalue weighted by molar-refractivity contribution is 5.89. The first-order valence-electron chi connectivity index (χ1n) is 6.60. The molecule has 18 heavy (non-hydrogen) atoms. The van der Waals surface area contributed by atoms with Gasteiger partial charge in [0.15, 0.2) is 0 Å². The summed E-state index contributed by atoms with van der Waals surface area (Å²) in [5, 5.41) is 5.84. The SMILES string of the molecule is CCC(CC1CC1)NC(=O)Nc1ccc(N)cc1. The fourth-order valence-corrected chi connectivity index (χ4v) is 2.00. The number of nitrogen functional groups attached to an aromatic ring is 1. The standard InChI is InChI=1S/C14H21N3O/c1-2-12(9-10-3-4-10)16-14(18)17-13-7-5-11(15)6-8-13/h5-8,10,12H,2-4,9,15H2,1H3,(H2,16,17,18). The maximum atomic E-state index is 11.8. The van der Waals surface area contributed by atoms with Gasteiger partial charge in [0.25, 0.3) is 0 Å². The fraction of sp³-hybridized carbons (Fsp3) is 0.500. The van der Waals surface area contributed by atoms with Crippen molar-refractivity contribution in [2.45, 2.75) is 38.6 Å². The van der Waals surface area contributed by atoms with Gasteiger partial charge in [0, 0.05) is 17.4 Å². The molecule has 0 heterocycles. The average Bonchev–Trinajstić information content (AvgIpc) is 3.15. The van der Waals surface area contributed by atoms with E-state index >= 15 is 0 Å². The molecule has 2 rings (SSSR count). The highest BCUT2D eigenvalue weighted by Gasteiger charge is 2.25. The molecular formula is C14H21N3O. The summed E-state index contributed by atoms with van der Waals surface area (Å²) in [4.78, 5) is 11.8. The molecule has 1 aromatic carbocycles. The molecule has 1 atom stereocenters. The third-order valence-electron chi connectivity index (χ3n) is 3.31. The highest BCUT2D eigenvalue weighted by Crippen LogP contribution is 2.34. The van der Waals surface area contributed by atoms with Crippen molar-refractivity contribution >= 4 is 17.4 Å². The molecule has 1 saturated carbocycles. The predicted molar refractivity (Wildman–Crippen MR) is 74.4 cm³/mol. The van der Waals surface area contributed by atoms with E-state index in [9.17, 15) is 4.79 Å². The lowest BCUT2D eigenvalue weighted by atomic mass is 10.1. The number of anilines is 2. The lowest BCUT2D eigenvalue weighted by Crippen LogP contribution is -2.37. The predicted octanol–water partition coefficient (Wildman–Crippen LogP) is 2.97. The maximum absolute atomic E-state index is 11.8. The average molecular weight is 247 g/mol. The largest absolute Gasteiger partial charge is 0.399 e. The molecule has 1 aliphatic rings. The zero-order valence-corrected chi connectivity index (χ0v) is 10.8. The molecule has 0 radical (unpaired) electrons. The molecule has 98 valence electrons. The number of carbonyl (C=O) groups is 1. The first-order chi connectivity index (χ1) is 8.67. The maximum Gasteiger partial charge on any atom is 0.319 e. The van der Waals surface area contributed by atoms with Gasteiger partial charge in [-0.15, -0.1) is 0 Å². The van der Waals surface area contributed by atoms with Gasteiger partial charge in [-0.2, -0.15) is 0 Å². The number of benzene rings is 1. The number of nitrogens with two attached hydrogens (primary N) is 1. The van der Waals surface area contributed by atoms with E-state index in [1.165, 1.54) is 12.8 Å². The Morgan fingerprint density at radius 3 is 2.61 bits per heavy atom. The Hall–Kier alpha value is -1.71. The van der Waals surface area contributed by atoms with Crippen molar-refractivity contribution in [3.63, 3.8) is 0 Å². The minimum Gasteiger partial charge on any atom is -0.399 e. The molecule has 4 heteroatoms. The van der Waals surface area contributed by atoms with E-state index in [0.717, 1.165) is 24.4 Å². The second-order valence-electron chi connectivity index (χ2n) is 5.00. The molecule has 1 aliphatic carbocycles. The Labute approximate surface area is 108 Å². The highest BCUT2D eigenvalue weighted by atomic mass is 16.2. The molecule has 0 aromatic heterocycles. The van der Waals surface area contributed by atoms with Crippen LogP contribution in [-0.4, -0.2) is 12.1 Å². The molecule has 2 amide bonds. The van der Waals surface area contributed by atoms with E-state index < -0.39 is 0 Å². The van der Waals surface area contributed by atoms with Crippen molar-refractivity contribution in [1.29, 1.82) is 0 Å². The summed E-state index contributed by atoms with van der Waals surface area (Å²) in [7, 11) is 0. The molecule has 1 unspecified atom stereocenters. The van der Waals surface area contributed by atoms with Crippen molar-refractivity contribution in [2.24, 2.45) is 5.92 Å². The summed E-state index contributed by atoms with van der Waals surface area (Å²) in [5.41, 5.74) is 7.06. The van der Waals surface area contributed by atoms with Gasteiger partial charge in [-0.3, -0.25) is 0 Å². The summed E-state index contributed by atoms with van der Waals surface area (Å²) in [6, 6.07) is 7.31. The van der Waals surface area contributed by atoms with Crippen LogP contribution in [0.15, 0.2) is 24.3 Å². The van der Waals surface area contributed by atoms with E-state index in [-0.39, 0.29) is 12.1 Å². The molecule has 4 N–H and O–H groups in total. The van der Waals surface area contributed by atoms with Crippen LogP contribution in [0, 0.1) is 5.92 Å². The smallest absolute Gasteiger partial charge is 0.319 e. The normalized spacial score (nSPS) is 16.1. The van der Waals surface area contributed by atoms with Gasteiger partial charge in [-0.05, 0) is 43.0 Å². The fourth-order valence-electron chi connectivity index (χ4n) is 2.00. The summed E-state index contributed by atoms with van der Waals surface area (Å²) in [6.07, 6.45) is 4.72. The van der Waals surface area contributed by atoms with Gasteiger partial charge in [-0.1, -0.05) is 19.8 Å². The van der Waals surface area contributed by atoms with Crippen LogP contribution >= 0.6 is 0 Å². The summed E-state index contributed by atoms with van der Waals surface area (Å²) in [6.45, 7) is 2.11. The Bertz CT molecular complexity index is 398. The third-order valence-corrected chi connectivity index (χ3v) is 3.31. The summed E-state index contributed by atoms with van der Waals surface area (Å²) in [5.74, 6) is 0.826. The van der Waals surface area contributed by atoms with Crippen LogP contribution < -0.4 is 16.4 Å². The number of amides is 2. The molecule has 0 spiro atoms. The number of carbonyl (C=O) groups excluding carboxylic acids is 1. The number of rotatable bonds is 5. The van der Waals surface area contributed by atoms with Gasteiger partial charge >= 0.3 is 6.03 Å². The number of urea groups is 1. The Kier molecular flexibility index (Phi) is 4.07. The van der Waals surface area contributed by atoms with Crippen LogP contribution in [0.2, 0.25) is 0 Å². The molecule has 0 bridgehead atoms. The van der Waals surface area contributed by atoms with Crippen molar-refractivity contribution in [1.82, 2.24) is 5.32 Å². The number of nitrogens with one attached hydrogen (secondary N) is 2. The second kappa shape index (κ2) is 5.76. The van der Waals surface area contributed by atoms with Crippen LogP contribution in [0.25, 0.3) is 0 Å². The number of hydrogen-bond donors (Lipinski definition) is 3. The van der Waals surface area contributed by atoms with E-state index in [0.29, 0.717) is 5.69 Å². The Balaban J connectivity index is 1.81. The van der Waals surface area contributed by atoms with Crippen molar-refractivity contribution in [3.05, 3.63) is 24.3 Å². The number of hydrogen-bond acceptors (Lipinski definition) is 2. The van der Waals surface area contributed by atoms with Crippen LogP contribution in [-0.2, 0) is 0 Å². The second-order valence-corrected chi connectivity index (χ2v) is 5.00. The van der Waals surface area contributed by atoms with Gasteiger partial charge in [0.2, 0.25) is 0 Å². The van der Waals surface area contributed by atoms with E-state index in [4.69, 9.17) is 5.73 Å². The van der Waals surface area contributed by atoms with Gasteiger partial charge in [-0.25, -0.2) is 4.79 Å². The van der Waals surface area contributed by atoms with Crippen molar-refractivity contribution in [3.8, 4) is 0 Å². The minimum absolute atomic E-state index is 0.132. The minimum atomic E-state index is -0.132. The van der Waals surface area contributed by atoms with Gasteiger partial charge in [0.1, 0.15) is 0 Å². The quantitative estimate of drug-likeness (QED) is 0.700. The first-order valence-corrected chi connectivity index (χ1v) is 6.60. The van der Waals surface area contributed by atoms with Crippen LogP contribution in [0.5, 0.6) is 0 Å². The molecule has 4 nitrogen and oxygen atoms in total. The Morgan fingerprint density at radius 1 is 1.39 bits per heavy atom. The summed E-state index contributed by atoms with van der Waals surface area (Å²) >= 11 is 0. The lowest BCUT2D eigenvalue weighted by Gasteiger charge is -2.17. The van der Waals surface area contributed by atoms with E-state index in [1.807, 2.05) is 0 Å². The van der Waals surface area contributed by atoms with Crippen LogP contribution in [0.3, 0.4) is 0 Å². The van der Waals surface area contributed by atoms with Crippen molar-refractivity contribution < 1.29 is 4.79 Å². The van der Waals surface area contributed by atoms with E-state index in [2.05, 4.69) is 17.6 Å². The van der Waals surface area contributed by atoms with Gasteiger partial charge in [0.05, 0.1) is 0 Å². The van der Waals surface area contributed by atoms with Crippen LogP contribution in [0.1, 0.15) is 32.6 Å². The molecular weight excluding hydrogens is 226 g/mol. The zero-order valence-electron chi connectivity index (χ0n) is 10.8. The monoisotopic (exact) mass is 247 g/mol. The molecule has 0 aliphatic heterocycles. The van der Waals surface area contributed by atoms with Crippen LogP contribution in [0.4, 0.5) is 16.2 Å². The Morgan fingerprint density at radius 2 is 2.06 bits per heavy atom. The molecule has 1 aromatic rings. The zero-order chi connectivity index (χ0) is 13.0. The van der Waals surface area contributed by atoms with Gasteiger partial charge < -0.3 is 16.4 Å². The topological polar surface area (TPSA) is 67.2 Å². The first kappa shape index (κ1) is 12.7. The van der Waals surface area contributed by atoms with Crippen molar-refractivity contribution in [2.75, 3.05) is 11.1 Å². The molecule has 1 fully saturated rings. The van der Waals surface area contributed by atoms with E-state index in [1.54, 1.807) is 24.3 Å².